The van der Waals surface area contributed by atoms with E-state index in [4.69, 9.17) is 4.74 Å². The Morgan fingerprint density at radius 2 is 1.67 bits per heavy atom. The number of sulfone groups is 1. The third-order valence-corrected chi connectivity index (χ3v) is 4.90. The lowest BCUT2D eigenvalue weighted by molar-refractivity contribution is 0.0935. The predicted molar refractivity (Wildman–Crippen MR) is 93.0 cm³/mol. The smallest absolute Gasteiger partial charge is 0.251 e. The van der Waals surface area contributed by atoms with Crippen molar-refractivity contribution in [1.82, 2.24) is 5.32 Å². The molecule has 24 heavy (non-hydrogen) atoms. The number of ether oxygens (including phenoxy) is 1. The fourth-order valence-corrected chi connectivity index (χ4v) is 2.98. The molecule has 0 fully saturated rings. The maximum Gasteiger partial charge on any atom is 0.251 e. The molecule has 1 amide bonds. The molecule has 2 aromatic rings. The second-order valence-electron chi connectivity index (χ2n) is 5.50. The van der Waals surface area contributed by atoms with E-state index in [0.29, 0.717) is 5.56 Å². The summed E-state index contributed by atoms with van der Waals surface area (Å²) in [5.41, 5.74) is 1.41. The van der Waals surface area contributed by atoms with Crippen LogP contribution in [0, 0.1) is 0 Å². The van der Waals surface area contributed by atoms with E-state index in [1.165, 1.54) is 24.3 Å². The number of nitrogens with one attached hydrogen (secondary N) is 1. The van der Waals surface area contributed by atoms with Gasteiger partial charge in [-0.15, -0.1) is 0 Å². The summed E-state index contributed by atoms with van der Waals surface area (Å²) in [4.78, 5) is 12.6. The summed E-state index contributed by atoms with van der Waals surface area (Å²) in [5.74, 6) is 0.522. The third-order valence-electron chi connectivity index (χ3n) is 3.78. The van der Waals surface area contributed by atoms with Gasteiger partial charge in [-0.05, 0) is 48.4 Å². The van der Waals surface area contributed by atoms with Gasteiger partial charge < -0.3 is 10.1 Å². The first-order valence-corrected chi connectivity index (χ1v) is 9.49. The molecular formula is C18H21NO4S. The molecule has 1 atom stereocenters. The van der Waals surface area contributed by atoms with E-state index in [1.807, 2.05) is 31.2 Å². The minimum Gasteiger partial charge on any atom is -0.497 e. The summed E-state index contributed by atoms with van der Waals surface area (Å²) in [6.45, 7) is 1.99. The summed E-state index contributed by atoms with van der Waals surface area (Å²) < 4.78 is 28.1. The standard InChI is InChI=1S/C18H21NO4S/c1-4-17(13-5-9-15(23-2)10-6-13)19-18(20)14-7-11-16(12-8-14)24(3,21)22/h5-12,17H,4H2,1-3H3,(H,19,20). The normalized spacial score (nSPS) is 12.5. The van der Waals surface area contributed by atoms with Crippen molar-refractivity contribution in [2.45, 2.75) is 24.3 Å². The average Bonchev–Trinajstić information content (AvgIpc) is 2.59. The first-order chi connectivity index (χ1) is 11.3. The van der Waals surface area contributed by atoms with Crippen LogP contribution in [0.4, 0.5) is 0 Å². The Kier molecular flexibility index (Phi) is 5.62. The van der Waals surface area contributed by atoms with E-state index >= 15 is 0 Å². The fourth-order valence-electron chi connectivity index (χ4n) is 2.35. The molecular weight excluding hydrogens is 326 g/mol. The summed E-state index contributed by atoms with van der Waals surface area (Å²) in [6, 6.07) is 13.3. The Morgan fingerprint density at radius 3 is 2.12 bits per heavy atom. The van der Waals surface area contributed by atoms with Gasteiger partial charge in [-0.25, -0.2) is 8.42 Å². The number of methoxy groups -OCH3 is 1. The Morgan fingerprint density at radius 1 is 1.08 bits per heavy atom. The molecule has 0 bridgehead atoms. The van der Waals surface area contributed by atoms with Crippen LogP contribution in [0.15, 0.2) is 53.4 Å². The van der Waals surface area contributed by atoms with Gasteiger partial charge in [0.05, 0.1) is 18.0 Å². The van der Waals surface area contributed by atoms with Crippen molar-refractivity contribution in [1.29, 1.82) is 0 Å². The topological polar surface area (TPSA) is 72.5 Å². The van der Waals surface area contributed by atoms with Crippen LogP contribution < -0.4 is 10.1 Å². The summed E-state index contributed by atoms with van der Waals surface area (Å²) in [6.07, 6.45) is 1.87. The highest BCUT2D eigenvalue weighted by molar-refractivity contribution is 7.90. The highest BCUT2D eigenvalue weighted by Crippen LogP contribution is 2.21. The lowest BCUT2D eigenvalue weighted by Crippen LogP contribution is -2.28. The highest BCUT2D eigenvalue weighted by Gasteiger charge is 2.15. The fraction of sp³-hybridized carbons (Fsp3) is 0.278. The van der Waals surface area contributed by atoms with Crippen LogP contribution in [0.5, 0.6) is 5.75 Å². The van der Waals surface area contributed by atoms with Gasteiger partial charge in [-0.2, -0.15) is 0 Å². The quantitative estimate of drug-likeness (QED) is 0.872. The molecule has 0 aliphatic rings. The summed E-state index contributed by atoms with van der Waals surface area (Å²) >= 11 is 0. The lowest BCUT2D eigenvalue weighted by atomic mass is 10.0. The molecule has 0 aliphatic carbocycles. The molecule has 6 heteroatoms. The molecule has 1 N–H and O–H groups in total. The zero-order valence-electron chi connectivity index (χ0n) is 13.9. The Bertz CT molecular complexity index is 796. The van der Waals surface area contributed by atoms with E-state index in [-0.39, 0.29) is 16.8 Å². The SMILES string of the molecule is CCC(NC(=O)c1ccc(S(C)(=O)=O)cc1)c1ccc(OC)cc1. The van der Waals surface area contributed by atoms with Crippen molar-refractivity contribution >= 4 is 15.7 Å². The molecule has 0 saturated heterocycles. The Hall–Kier alpha value is -2.34. The van der Waals surface area contributed by atoms with Crippen molar-refractivity contribution in [3.05, 3.63) is 59.7 Å². The van der Waals surface area contributed by atoms with Crippen LogP contribution >= 0.6 is 0 Å². The molecule has 0 aliphatic heterocycles. The van der Waals surface area contributed by atoms with Crippen molar-refractivity contribution in [3.63, 3.8) is 0 Å². The number of rotatable bonds is 6. The van der Waals surface area contributed by atoms with E-state index in [9.17, 15) is 13.2 Å². The number of hydrogen-bond donors (Lipinski definition) is 1. The zero-order valence-corrected chi connectivity index (χ0v) is 14.8. The van der Waals surface area contributed by atoms with Crippen LogP contribution in [0.3, 0.4) is 0 Å². The second-order valence-corrected chi connectivity index (χ2v) is 7.52. The first-order valence-electron chi connectivity index (χ1n) is 7.60. The largest absolute Gasteiger partial charge is 0.497 e. The maximum atomic E-state index is 12.4. The van der Waals surface area contributed by atoms with Gasteiger partial charge in [0.1, 0.15) is 5.75 Å². The molecule has 128 valence electrons. The van der Waals surface area contributed by atoms with E-state index in [0.717, 1.165) is 24.0 Å². The molecule has 0 radical (unpaired) electrons. The molecule has 0 spiro atoms. The van der Waals surface area contributed by atoms with Crippen LogP contribution in [-0.4, -0.2) is 27.7 Å². The average molecular weight is 347 g/mol. The summed E-state index contributed by atoms with van der Waals surface area (Å²) in [5, 5.41) is 2.97. The van der Waals surface area contributed by atoms with Crippen molar-refractivity contribution in [3.8, 4) is 5.75 Å². The summed E-state index contributed by atoms with van der Waals surface area (Å²) in [7, 11) is -1.66. The number of carbonyl (C=O) groups is 1. The minimum absolute atomic E-state index is 0.127. The number of amides is 1. The number of benzene rings is 2. The molecule has 0 aromatic heterocycles. The zero-order chi connectivity index (χ0) is 17.7. The minimum atomic E-state index is -3.27. The van der Waals surface area contributed by atoms with Gasteiger partial charge in [-0.3, -0.25) is 4.79 Å². The molecule has 2 rings (SSSR count). The van der Waals surface area contributed by atoms with Gasteiger partial charge in [0.2, 0.25) is 0 Å². The molecule has 0 heterocycles. The van der Waals surface area contributed by atoms with Gasteiger partial charge in [-0.1, -0.05) is 19.1 Å². The predicted octanol–water partition coefficient (Wildman–Crippen LogP) is 2.98. The van der Waals surface area contributed by atoms with E-state index in [1.54, 1.807) is 7.11 Å². The van der Waals surface area contributed by atoms with Gasteiger partial charge in [0, 0.05) is 11.8 Å². The Balaban J connectivity index is 2.13. The Labute approximate surface area is 142 Å². The molecule has 1 unspecified atom stereocenters. The molecule has 0 saturated carbocycles. The van der Waals surface area contributed by atoms with Crippen LogP contribution in [0.25, 0.3) is 0 Å². The van der Waals surface area contributed by atoms with Crippen molar-refractivity contribution in [2.24, 2.45) is 0 Å². The number of hydrogen-bond acceptors (Lipinski definition) is 4. The maximum absolute atomic E-state index is 12.4. The van der Waals surface area contributed by atoms with Gasteiger partial charge >= 0.3 is 0 Å². The molecule has 5 nitrogen and oxygen atoms in total. The van der Waals surface area contributed by atoms with Crippen molar-refractivity contribution in [2.75, 3.05) is 13.4 Å². The lowest BCUT2D eigenvalue weighted by Gasteiger charge is -2.18. The van der Waals surface area contributed by atoms with Gasteiger partial charge in [0.15, 0.2) is 9.84 Å². The first kappa shape index (κ1) is 18.0. The van der Waals surface area contributed by atoms with Crippen LogP contribution in [0.1, 0.15) is 35.3 Å². The van der Waals surface area contributed by atoms with Crippen LogP contribution in [0.2, 0.25) is 0 Å². The third kappa shape index (κ3) is 4.35. The highest BCUT2D eigenvalue weighted by atomic mass is 32.2. The van der Waals surface area contributed by atoms with Crippen LogP contribution in [-0.2, 0) is 9.84 Å². The number of carbonyl (C=O) groups excluding carboxylic acids is 1. The van der Waals surface area contributed by atoms with E-state index in [2.05, 4.69) is 5.32 Å². The second kappa shape index (κ2) is 7.49. The van der Waals surface area contributed by atoms with Crippen molar-refractivity contribution < 1.29 is 17.9 Å². The molecule has 2 aromatic carbocycles. The van der Waals surface area contributed by atoms with Gasteiger partial charge in [0.25, 0.3) is 5.91 Å². The monoisotopic (exact) mass is 347 g/mol. The van der Waals surface area contributed by atoms with E-state index < -0.39 is 9.84 Å².